The predicted octanol–water partition coefficient (Wildman–Crippen LogP) is 3.42. The number of carbonyl (C=O) groups is 2. The molecular formula is C19H23N3O2. The molecule has 1 aromatic heterocycles. The summed E-state index contributed by atoms with van der Waals surface area (Å²) in [5.41, 5.74) is 2.41. The molecule has 5 heteroatoms. The Hall–Kier alpha value is -2.69. The molecule has 0 saturated carbocycles. The normalized spacial score (nSPS) is 10.5. The largest absolute Gasteiger partial charge is 0.352 e. The van der Waals surface area contributed by atoms with Crippen molar-refractivity contribution in [2.45, 2.75) is 27.2 Å². The lowest BCUT2D eigenvalue weighted by molar-refractivity contribution is 0.0952. The van der Waals surface area contributed by atoms with Gasteiger partial charge in [-0.3, -0.25) is 14.6 Å². The summed E-state index contributed by atoms with van der Waals surface area (Å²) in [4.78, 5) is 28.5. The zero-order valence-corrected chi connectivity index (χ0v) is 14.3. The van der Waals surface area contributed by atoms with E-state index < -0.39 is 0 Å². The van der Waals surface area contributed by atoms with E-state index in [1.54, 1.807) is 6.07 Å². The summed E-state index contributed by atoms with van der Waals surface area (Å²) in [5, 5.41) is 5.65. The van der Waals surface area contributed by atoms with E-state index in [1.807, 2.05) is 31.2 Å². The number of nitrogens with one attached hydrogen (secondary N) is 2. The molecule has 126 valence electrons. The van der Waals surface area contributed by atoms with Crippen LogP contribution in [-0.4, -0.2) is 23.3 Å². The van der Waals surface area contributed by atoms with Gasteiger partial charge in [-0.15, -0.1) is 0 Å². The molecule has 0 radical (unpaired) electrons. The van der Waals surface area contributed by atoms with Crippen LogP contribution >= 0.6 is 0 Å². The molecule has 24 heavy (non-hydrogen) atoms. The summed E-state index contributed by atoms with van der Waals surface area (Å²) in [5.74, 6) is -0.00139. The first-order chi connectivity index (χ1) is 11.5. The summed E-state index contributed by atoms with van der Waals surface area (Å²) < 4.78 is 0. The van der Waals surface area contributed by atoms with Gasteiger partial charge in [0.15, 0.2) is 0 Å². The second-order valence-electron chi connectivity index (χ2n) is 6.19. The number of carbonyl (C=O) groups excluding carboxylic acids is 2. The Balaban J connectivity index is 2.03. The van der Waals surface area contributed by atoms with Gasteiger partial charge >= 0.3 is 0 Å². The Morgan fingerprint density at radius 2 is 1.92 bits per heavy atom. The molecule has 1 aromatic carbocycles. The molecule has 2 amide bonds. The Morgan fingerprint density at radius 1 is 1.12 bits per heavy atom. The third-order valence-electron chi connectivity index (χ3n) is 3.54. The van der Waals surface area contributed by atoms with Crippen LogP contribution in [0, 0.1) is 12.8 Å². The van der Waals surface area contributed by atoms with Gasteiger partial charge in [-0.1, -0.05) is 26.0 Å². The van der Waals surface area contributed by atoms with Crippen molar-refractivity contribution in [2.75, 3.05) is 11.9 Å². The minimum Gasteiger partial charge on any atom is -0.352 e. The smallest absolute Gasteiger partial charge is 0.274 e. The number of amides is 2. The van der Waals surface area contributed by atoms with Gasteiger partial charge < -0.3 is 10.6 Å². The van der Waals surface area contributed by atoms with Crippen LogP contribution in [0.3, 0.4) is 0 Å². The van der Waals surface area contributed by atoms with E-state index in [-0.39, 0.29) is 17.5 Å². The van der Waals surface area contributed by atoms with Crippen LogP contribution in [0.1, 0.15) is 46.7 Å². The molecule has 2 rings (SSSR count). The molecule has 0 atom stereocenters. The first kappa shape index (κ1) is 17.7. The number of pyridine rings is 1. The van der Waals surface area contributed by atoms with E-state index in [1.165, 1.54) is 12.3 Å². The first-order valence-corrected chi connectivity index (χ1v) is 8.08. The Kier molecular flexibility index (Phi) is 6.07. The highest BCUT2D eigenvalue weighted by Gasteiger charge is 2.12. The van der Waals surface area contributed by atoms with Crippen molar-refractivity contribution in [3.63, 3.8) is 0 Å². The molecule has 0 unspecified atom stereocenters. The molecule has 0 aliphatic heterocycles. The predicted molar refractivity (Wildman–Crippen MR) is 95.2 cm³/mol. The Morgan fingerprint density at radius 3 is 2.62 bits per heavy atom. The van der Waals surface area contributed by atoms with Crippen LogP contribution in [0.4, 0.5) is 5.69 Å². The van der Waals surface area contributed by atoms with Crippen molar-refractivity contribution >= 4 is 17.5 Å². The second kappa shape index (κ2) is 8.24. The van der Waals surface area contributed by atoms with Crippen LogP contribution in [0.2, 0.25) is 0 Å². The van der Waals surface area contributed by atoms with E-state index in [2.05, 4.69) is 29.5 Å². The molecule has 2 N–H and O–H groups in total. The first-order valence-electron chi connectivity index (χ1n) is 8.08. The highest BCUT2D eigenvalue weighted by Crippen LogP contribution is 2.11. The molecule has 0 aliphatic rings. The fourth-order valence-corrected chi connectivity index (χ4v) is 2.19. The van der Waals surface area contributed by atoms with Crippen LogP contribution < -0.4 is 10.6 Å². The Bertz CT molecular complexity index is 726. The molecule has 2 aromatic rings. The number of nitrogens with zero attached hydrogens (tertiary/aromatic N) is 1. The number of anilines is 1. The SMILES string of the molecule is Cc1cccc(NC(=O)c2cc(C(=O)NCCC(C)C)ccn2)c1. The third-order valence-corrected chi connectivity index (χ3v) is 3.54. The third kappa shape index (κ3) is 5.19. The molecule has 1 heterocycles. The second-order valence-corrected chi connectivity index (χ2v) is 6.19. The van der Waals surface area contributed by atoms with E-state index in [0.29, 0.717) is 23.7 Å². The average Bonchev–Trinajstić information content (AvgIpc) is 2.54. The number of rotatable bonds is 6. The summed E-state index contributed by atoms with van der Waals surface area (Å²) in [7, 11) is 0. The van der Waals surface area contributed by atoms with Gasteiger partial charge in [0.2, 0.25) is 0 Å². The number of benzene rings is 1. The number of aromatic nitrogens is 1. The van der Waals surface area contributed by atoms with Crippen LogP contribution in [-0.2, 0) is 0 Å². The van der Waals surface area contributed by atoms with E-state index in [9.17, 15) is 9.59 Å². The van der Waals surface area contributed by atoms with Crippen LogP contribution in [0.25, 0.3) is 0 Å². The number of aryl methyl sites for hydroxylation is 1. The maximum Gasteiger partial charge on any atom is 0.274 e. The Labute approximate surface area is 142 Å². The average molecular weight is 325 g/mol. The van der Waals surface area contributed by atoms with Crippen molar-refractivity contribution < 1.29 is 9.59 Å². The zero-order chi connectivity index (χ0) is 17.5. The lowest BCUT2D eigenvalue weighted by Crippen LogP contribution is -2.26. The molecule has 0 aliphatic carbocycles. The van der Waals surface area contributed by atoms with E-state index in [0.717, 1.165) is 12.0 Å². The summed E-state index contributed by atoms with van der Waals surface area (Å²) in [6, 6.07) is 10.6. The molecule has 0 fully saturated rings. The number of hydrogen-bond acceptors (Lipinski definition) is 3. The van der Waals surface area contributed by atoms with Gasteiger partial charge in [-0.2, -0.15) is 0 Å². The summed E-state index contributed by atoms with van der Waals surface area (Å²) in [6.07, 6.45) is 2.39. The molecule has 0 spiro atoms. The topological polar surface area (TPSA) is 71.1 Å². The summed E-state index contributed by atoms with van der Waals surface area (Å²) in [6.45, 7) is 6.78. The lowest BCUT2D eigenvalue weighted by atomic mass is 10.1. The lowest BCUT2D eigenvalue weighted by Gasteiger charge is -2.09. The van der Waals surface area contributed by atoms with Crippen molar-refractivity contribution in [1.29, 1.82) is 0 Å². The van der Waals surface area contributed by atoms with Crippen molar-refractivity contribution in [3.8, 4) is 0 Å². The van der Waals surface area contributed by atoms with Gasteiger partial charge in [0, 0.05) is 24.0 Å². The summed E-state index contributed by atoms with van der Waals surface area (Å²) >= 11 is 0. The van der Waals surface area contributed by atoms with E-state index in [4.69, 9.17) is 0 Å². The van der Waals surface area contributed by atoms with Crippen molar-refractivity contribution in [3.05, 3.63) is 59.4 Å². The van der Waals surface area contributed by atoms with Gasteiger partial charge in [-0.05, 0) is 49.1 Å². The maximum atomic E-state index is 12.3. The van der Waals surface area contributed by atoms with Crippen molar-refractivity contribution in [2.24, 2.45) is 5.92 Å². The monoisotopic (exact) mass is 325 g/mol. The standard InChI is InChI=1S/C19H23N3O2/c1-13(2)7-9-21-18(23)15-8-10-20-17(12-15)19(24)22-16-6-4-5-14(3)11-16/h4-6,8,10-13H,7,9H2,1-3H3,(H,21,23)(H,22,24). The van der Waals surface area contributed by atoms with Gasteiger partial charge in [-0.25, -0.2) is 0 Å². The fourth-order valence-electron chi connectivity index (χ4n) is 2.19. The highest BCUT2D eigenvalue weighted by atomic mass is 16.2. The molecular weight excluding hydrogens is 302 g/mol. The highest BCUT2D eigenvalue weighted by molar-refractivity contribution is 6.04. The molecule has 0 saturated heterocycles. The molecule has 5 nitrogen and oxygen atoms in total. The van der Waals surface area contributed by atoms with Gasteiger partial charge in [0.25, 0.3) is 11.8 Å². The minimum absolute atomic E-state index is 0.192. The number of hydrogen-bond donors (Lipinski definition) is 2. The molecule has 0 bridgehead atoms. The van der Waals surface area contributed by atoms with Gasteiger partial charge in [0.1, 0.15) is 5.69 Å². The van der Waals surface area contributed by atoms with E-state index >= 15 is 0 Å². The van der Waals surface area contributed by atoms with Crippen molar-refractivity contribution in [1.82, 2.24) is 10.3 Å². The van der Waals surface area contributed by atoms with Gasteiger partial charge in [0.05, 0.1) is 0 Å². The maximum absolute atomic E-state index is 12.3. The fraction of sp³-hybridized carbons (Fsp3) is 0.316. The van der Waals surface area contributed by atoms with Crippen LogP contribution in [0.5, 0.6) is 0 Å². The van der Waals surface area contributed by atoms with Crippen LogP contribution in [0.15, 0.2) is 42.6 Å². The quantitative estimate of drug-likeness (QED) is 0.855. The minimum atomic E-state index is -0.336. The zero-order valence-electron chi connectivity index (χ0n) is 14.3.